The summed E-state index contributed by atoms with van der Waals surface area (Å²) in [6.45, 7) is 0.693. The van der Waals surface area contributed by atoms with E-state index in [1.54, 1.807) is 24.0 Å². The second-order valence-electron chi connectivity index (χ2n) is 4.59. The number of ether oxygens (including phenoxy) is 1. The zero-order valence-electron chi connectivity index (χ0n) is 10.5. The lowest BCUT2D eigenvalue weighted by atomic mass is 10.0. The number of aryl methyl sites for hydroxylation is 1. The lowest BCUT2D eigenvalue weighted by molar-refractivity contribution is 0.0983. The standard InChI is InChI=1S/C14H13BrN2O2/c1-17-12(2-4-16-17)13(18)8-10-7-11(15)6-9-3-5-19-14(9)10/h2,4,6-7H,3,5,8H2,1H3. The van der Waals surface area contributed by atoms with Gasteiger partial charge in [0.15, 0.2) is 5.78 Å². The van der Waals surface area contributed by atoms with Crippen molar-refractivity contribution in [2.75, 3.05) is 6.61 Å². The molecule has 3 rings (SSSR count). The number of fused-ring (bicyclic) bond motifs is 1. The number of benzene rings is 1. The Morgan fingerprint density at radius 2 is 2.37 bits per heavy atom. The van der Waals surface area contributed by atoms with Crippen LogP contribution in [0.25, 0.3) is 0 Å². The van der Waals surface area contributed by atoms with Crippen LogP contribution in [0.15, 0.2) is 28.9 Å². The number of rotatable bonds is 3. The fourth-order valence-corrected chi connectivity index (χ4v) is 2.94. The highest BCUT2D eigenvalue weighted by Gasteiger charge is 2.20. The van der Waals surface area contributed by atoms with Gasteiger partial charge in [0, 0.05) is 36.1 Å². The first-order valence-electron chi connectivity index (χ1n) is 6.10. The van der Waals surface area contributed by atoms with Crippen LogP contribution < -0.4 is 4.74 Å². The Bertz CT molecular complexity index is 649. The third-order valence-electron chi connectivity index (χ3n) is 3.28. The molecule has 1 aromatic heterocycles. The fourth-order valence-electron chi connectivity index (χ4n) is 2.39. The number of Topliss-reactive ketones (excluding diaryl/α,β-unsaturated/α-hetero) is 1. The Labute approximate surface area is 119 Å². The van der Waals surface area contributed by atoms with Crippen LogP contribution in [0.4, 0.5) is 0 Å². The second kappa shape index (κ2) is 4.81. The molecule has 0 aliphatic carbocycles. The summed E-state index contributed by atoms with van der Waals surface area (Å²) >= 11 is 3.48. The molecule has 0 spiro atoms. The zero-order chi connectivity index (χ0) is 13.4. The number of halogens is 1. The van der Waals surface area contributed by atoms with Crippen LogP contribution >= 0.6 is 15.9 Å². The lowest BCUT2D eigenvalue weighted by Crippen LogP contribution is -2.10. The van der Waals surface area contributed by atoms with Gasteiger partial charge < -0.3 is 4.74 Å². The van der Waals surface area contributed by atoms with Crippen molar-refractivity contribution in [3.8, 4) is 5.75 Å². The number of hydrogen-bond acceptors (Lipinski definition) is 3. The number of nitrogens with zero attached hydrogens (tertiary/aromatic N) is 2. The number of ketones is 1. The maximum absolute atomic E-state index is 12.3. The molecule has 19 heavy (non-hydrogen) atoms. The minimum atomic E-state index is 0.0517. The van der Waals surface area contributed by atoms with Gasteiger partial charge in [0.1, 0.15) is 11.4 Å². The number of hydrogen-bond donors (Lipinski definition) is 0. The quantitative estimate of drug-likeness (QED) is 0.816. The van der Waals surface area contributed by atoms with Crippen molar-refractivity contribution < 1.29 is 9.53 Å². The van der Waals surface area contributed by atoms with Gasteiger partial charge >= 0.3 is 0 Å². The molecule has 0 atom stereocenters. The summed E-state index contributed by atoms with van der Waals surface area (Å²) in [5.74, 6) is 0.925. The average Bonchev–Trinajstić information content (AvgIpc) is 2.97. The molecule has 0 N–H and O–H groups in total. The Balaban J connectivity index is 1.92. The van der Waals surface area contributed by atoms with Crippen LogP contribution in [-0.4, -0.2) is 22.2 Å². The van der Waals surface area contributed by atoms with Crippen molar-refractivity contribution >= 4 is 21.7 Å². The predicted molar refractivity (Wildman–Crippen MR) is 74.6 cm³/mol. The van der Waals surface area contributed by atoms with E-state index in [0.29, 0.717) is 18.7 Å². The van der Waals surface area contributed by atoms with Gasteiger partial charge in [-0.1, -0.05) is 15.9 Å². The minimum Gasteiger partial charge on any atom is -0.493 e. The Morgan fingerprint density at radius 1 is 1.53 bits per heavy atom. The molecule has 1 aliphatic rings. The van der Waals surface area contributed by atoms with Crippen molar-refractivity contribution in [2.24, 2.45) is 7.05 Å². The van der Waals surface area contributed by atoms with Crippen LogP contribution in [0.5, 0.6) is 5.75 Å². The zero-order valence-corrected chi connectivity index (χ0v) is 12.1. The van der Waals surface area contributed by atoms with E-state index in [9.17, 15) is 4.79 Å². The van der Waals surface area contributed by atoms with Gasteiger partial charge in [-0.25, -0.2) is 0 Å². The van der Waals surface area contributed by atoms with E-state index in [1.165, 1.54) is 5.56 Å². The normalized spacial score (nSPS) is 13.2. The molecule has 0 saturated heterocycles. The van der Waals surface area contributed by atoms with Crippen LogP contribution in [0.1, 0.15) is 21.6 Å². The highest BCUT2D eigenvalue weighted by atomic mass is 79.9. The molecule has 1 aromatic carbocycles. The van der Waals surface area contributed by atoms with Crippen LogP contribution in [0.3, 0.4) is 0 Å². The molecular weight excluding hydrogens is 308 g/mol. The monoisotopic (exact) mass is 320 g/mol. The third kappa shape index (κ3) is 2.30. The molecule has 2 heterocycles. The summed E-state index contributed by atoms with van der Waals surface area (Å²) in [7, 11) is 1.77. The molecule has 0 saturated carbocycles. The molecule has 4 nitrogen and oxygen atoms in total. The van der Waals surface area contributed by atoms with Crippen LogP contribution in [-0.2, 0) is 19.9 Å². The van der Waals surface area contributed by atoms with E-state index in [2.05, 4.69) is 27.1 Å². The van der Waals surface area contributed by atoms with Gasteiger partial charge in [0.25, 0.3) is 0 Å². The molecule has 0 amide bonds. The number of aromatic nitrogens is 2. The largest absolute Gasteiger partial charge is 0.493 e. The summed E-state index contributed by atoms with van der Waals surface area (Å²) in [6.07, 6.45) is 2.87. The van der Waals surface area contributed by atoms with Crippen LogP contribution in [0, 0.1) is 0 Å². The molecule has 1 aliphatic heterocycles. The van der Waals surface area contributed by atoms with Gasteiger partial charge in [0.05, 0.1) is 6.61 Å². The van der Waals surface area contributed by atoms with Crippen LogP contribution in [0.2, 0.25) is 0 Å². The Morgan fingerprint density at radius 3 is 3.11 bits per heavy atom. The van der Waals surface area contributed by atoms with E-state index in [0.717, 1.165) is 22.2 Å². The van der Waals surface area contributed by atoms with Crippen molar-refractivity contribution in [1.82, 2.24) is 9.78 Å². The molecule has 98 valence electrons. The first-order valence-corrected chi connectivity index (χ1v) is 6.90. The Hall–Kier alpha value is -1.62. The smallest absolute Gasteiger partial charge is 0.185 e. The highest BCUT2D eigenvalue weighted by molar-refractivity contribution is 9.10. The molecule has 2 aromatic rings. The average molecular weight is 321 g/mol. The third-order valence-corrected chi connectivity index (χ3v) is 3.74. The molecule has 0 radical (unpaired) electrons. The first kappa shape index (κ1) is 12.4. The maximum atomic E-state index is 12.3. The van der Waals surface area contributed by atoms with Crippen molar-refractivity contribution in [1.29, 1.82) is 0 Å². The molecule has 0 bridgehead atoms. The van der Waals surface area contributed by atoms with Gasteiger partial charge in [-0.15, -0.1) is 0 Å². The molecule has 5 heteroatoms. The van der Waals surface area contributed by atoms with Gasteiger partial charge in [-0.05, 0) is 23.8 Å². The maximum Gasteiger partial charge on any atom is 0.185 e. The topological polar surface area (TPSA) is 44.1 Å². The summed E-state index contributed by atoms with van der Waals surface area (Å²) in [5, 5.41) is 4.02. The molecular formula is C14H13BrN2O2. The summed E-state index contributed by atoms with van der Waals surface area (Å²) in [4.78, 5) is 12.3. The van der Waals surface area contributed by atoms with Crippen molar-refractivity contribution in [2.45, 2.75) is 12.8 Å². The number of carbonyl (C=O) groups is 1. The predicted octanol–water partition coefficient (Wildman–Crippen LogP) is 2.54. The van der Waals surface area contributed by atoms with Crippen molar-refractivity contribution in [3.05, 3.63) is 45.7 Å². The highest BCUT2D eigenvalue weighted by Crippen LogP contribution is 2.33. The second-order valence-corrected chi connectivity index (χ2v) is 5.51. The lowest BCUT2D eigenvalue weighted by Gasteiger charge is -2.08. The van der Waals surface area contributed by atoms with E-state index in [1.807, 2.05) is 6.07 Å². The summed E-state index contributed by atoms with van der Waals surface area (Å²) < 4.78 is 8.23. The molecule has 0 unspecified atom stereocenters. The Kier molecular flexibility index (Phi) is 3.14. The SMILES string of the molecule is Cn1nccc1C(=O)Cc1cc(Br)cc2c1OCC2. The van der Waals surface area contributed by atoms with E-state index in [-0.39, 0.29) is 5.78 Å². The summed E-state index contributed by atoms with van der Waals surface area (Å²) in [5.41, 5.74) is 2.72. The fraction of sp³-hybridized carbons (Fsp3) is 0.286. The van der Waals surface area contributed by atoms with E-state index < -0.39 is 0 Å². The first-order chi connectivity index (χ1) is 9.15. The number of carbonyl (C=O) groups excluding carboxylic acids is 1. The van der Waals surface area contributed by atoms with Gasteiger partial charge in [0.2, 0.25) is 0 Å². The van der Waals surface area contributed by atoms with Gasteiger partial charge in [-0.3, -0.25) is 9.48 Å². The van der Waals surface area contributed by atoms with E-state index >= 15 is 0 Å². The van der Waals surface area contributed by atoms with Crippen molar-refractivity contribution in [3.63, 3.8) is 0 Å². The summed E-state index contributed by atoms with van der Waals surface area (Å²) in [6, 6.07) is 5.75. The minimum absolute atomic E-state index is 0.0517. The van der Waals surface area contributed by atoms with E-state index in [4.69, 9.17) is 4.74 Å². The van der Waals surface area contributed by atoms with Gasteiger partial charge in [-0.2, -0.15) is 5.10 Å². The molecule has 0 fully saturated rings.